The van der Waals surface area contributed by atoms with E-state index in [4.69, 9.17) is 9.47 Å². The van der Waals surface area contributed by atoms with Gasteiger partial charge in [-0.25, -0.2) is 4.79 Å². The van der Waals surface area contributed by atoms with Crippen molar-refractivity contribution in [2.75, 3.05) is 24.7 Å². The molecule has 1 aromatic carbocycles. The van der Waals surface area contributed by atoms with Gasteiger partial charge < -0.3 is 30.3 Å². The molecule has 0 unspecified atom stereocenters. The van der Waals surface area contributed by atoms with Crippen LogP contribution in [0.5, 0.6) is 0 Å². The molecule has 2 fully saturated rings. The molecule has 2 aliphatic rings. The third kappa shape index (κ3) is 9.48. The van der Waals surface area contributed by atoms with Crippen LogP contribution in [0.2, 0.25) is 0 Å². The lowest BCUT2D eigenvalue weighted by Crippen LogP contribution is -2.58. The van der Waals surface area contributed by atoms with Crippen LogP contribution in [-0.4, -0.2) is 76.7 Å². The van der Waals surface area contributed by atoms with Crippen molar-refractivity contribution in [2.24, 2.45) is 0 Å². The van der Waals surface area contributed by atoms with Crippen LogP contribution in [-0.2, 0) is 19.1 Å². The smallest absolute Gasteiger partial charge is 0.364 e. The number of carbonyl (C=O) groups is 3. The monoisotopic (exact) mass is 564 g/mol. The van der Waals surface area contributed by atoms with Crippen LogP contribution in [0.4, 0.5) is 0 Å². The second-order valence-electron chi connectivity index (χ2n) is 10.5. The van der Waals surface area contributed by atoms with Gasteiger partial charge in [0, 0.05) is 31.9 Å². The average Bonchev–Trinajstić information content (AvgIpc) is 2.93. The molecule has 2 amide bonds. The number of aliphatic carboxylic acids is 1. The number of aliphatic hydroxyl groups is 1. The number of carbonyl (C=O) groups excluding carboxylic acids is 2. The highest BCUT2D eigenvalue weighted by Crippen LogP contribution is 2.34. The summed E-state index contributed by atoms with van der Waals surface area (Å²) in [7, 11) is 0. The summed E-state index contributed by atoms with van der Waals surface area (Å²) in [6, 6.07) is 7.19. The van der Waals surface area contributed by atoms with Crippen molar-refractivity contribution in [3.63, 3.8) is 0 Å². The van der Waals surface area contributed by atoms with Gasteiger partial charge in [-0.05, 0) is 60.8 Å². The summed E-state index contributed by atoms with van der Waals surface area (Å²) >= 11 is 1.75. The highest BCUT2D eigenvalue weighted by molar-refractivity contribution is 7.99. The summed E-state index contributed by atoms with van der Waals surface area (Å²) in [6.45, 7) is 3.64. The van der Waals surface area contributed by atoms with E-state index in [1.54, 1.807) is 11.8 Å². The standard InChI is InChI=1S/C29H44N2O7S/c1-3-39-17-7-16-37-29(28(35)36)15-14-25(31-20(2)32)26(38-29)18-24(33)19-30-27(34)23-12-10-22(11-13-23)21-8-5-4-6-9-21/h10-13,21,24-26,33H,3-9,14-19H2,1-2H3,(H,30,34)(H,31,32)(H,35,36)/t24-,25+,26-,29+/m0/s1. The molecule has 1 aliphatic heterocycles. The molecule has 0 bridgehead atoms. The second-order valence-corrected chi connectivity index (χ2v) is 11.9. The number of hydrogen-bond donors (Lipinski definition) is 4. The number of hydrogen-bond acceptors (Lipinski definition) is 7. The Labute approximate surface area is 235 Å². The van der Waals surface area contributed by atoms with Crippen LogP contribution in [0, 0.1) is 0 Å². The summed E-state index contributed by atoms with van der Waals surface area (Å²) in [6.07, 6.45) is 5.46. The first-order chi connectivity index (χ1) is 18.7. The summed E-state index contributed by atoms with van der Waals surface area (Å²) < 4.78 is 11.7. The summed E-state index contributed by atoms with van der Waals surface area (Å²) in [5.41, 5.74) is 1.78. The molecule has 0 aromatic heterocycles. The van der Waals surface area contributed by atoms with Crippen LogP contribution >= 0.6 is 11.8 Å². The zero-order valence-corrected chi connectivity index (χ0v) is 24.0. The Hall–Kier alpha value is -2.14. The zero-order valence-electron chi connectivity index (χ0n) is 23.2. The predicted molar refractivity (Wildman–Crippen MR) is 151 cm³/mol. The number of carboxylic acids is 1. The molecule has 3 rings (SSSR count). The Morgan fingerprint density at radius 3 is 2.51 bits per heavy atom. The van der Waals surface area contributed by atoms with Crippen molar-refractivity contribution in [3.05, 3.63) is 35.4 Å². The minimum atomic E-state index is -1.83. The highest BCUT2D eigenvalue weighted by atomic mass is 32.2. The van der Waals surface area contributed by atoms with Crippen LogP contribution < -0.4 is 10.6 Å². The Kier molecular flexibility index (Phi) is 12.6. The molecule has 0 radical (unpaired) electrons. The van der Waals surface area contributed by atoms with Gasteiger partial charge in [0.05, 0.1) is 24.9 Å². The summed E-state index contributed by atoms with van der Waals surface area (Å²) in [4.78, 5) is 36.7. The first-order valence-corrected chi connectivity index (χ1v) is 15.4. The Bertz CT molecular complexity index is 938. The number of carboxylic acid groups (broad SMARTS) is 1. The van der Waals surface area contributed by atoms with Crippen LogP contribution in [0.25, 0.3) is 0 Å². The summed E-state index contributed by atoms with van der Waals surface area (Å²) in [5, 5.41) is 26.3. The van der Waals surface area contributed by atoms with E-state index in [1.165, 1.54) is 44.6 Å². The van der Waals surface area contributed by atoms with Crippen LogP contribution in [0.15, 0.2) is 24.3 Å². The van der Waals surface area contributed by atoms with Gasteiger partial charge in [-0.3, -0.25) is 9.59 Å². The lowest BCUT2D eigenvalue weighted by atomic mass is 9.84. The Morgan fingerprint density at radius 2 is 1.87 bits per heavy atom. The van der Waals surface area contributed by atoms with Crippen molar-refractivity contribution in [2.45, 2.75) is 102 Å². The number of benzene rings is 1. The molecule has 9 nitrogen and oxygen atoms in total. The predicted octanol–water partition coefficient (Wildman–Crippen LogP) is 3.84. The molecule has 4 atom stereocenters. The van der Waals surface area contributed by atoms with Crippen molar-refractivity contribution in [1.29, 1.82) is 0 Å². The topological polar surface area (TPSA) is 134 Å². The van der Waals surface area contributed by atoms with Crippen molar-refractivity contribution >= 4 is 29.5 Å². The minimum Gasteiger partial charge on any atom is -0.477 e. The number of aliphatic hydroxyl groups excluding tert-OH is 1. The maximum Gasteiger partial charge on any atom is 0.364 e. The van der Waals surface area contributed by atoms with E-state index in [-0.39, 0.29) is 37.8 Å². The van der Waals surface area contributed by atoms with E-state index in [1.807, 2.05) is 24.3 Å². The fourth-order valence-corrected chi connectivity index (χ4v) is 6.04. The van der Waals surface area contributed by atoms with Gasteiger partial charge in [0.2, 0.25) is 5.91 Å². The van der Waals surface area contributed by atoms with E-state index < -0.39 is 30.0 Å². The molecule has 1 heterocycles. The molecular weight excluding hydrogens is 520 g/mol. The van der Waals surface area contributed by atoms with E-state index in [2.05, 4.69) is 17.6 Å². The number of nitrogens with one attached hydrogen (secondary N) is 2. The third-order valence-electron chi connectivity index (χ3n) is 7.51. The van der Waals surface area contributed by atoms with Crippen molar-refractivity contribution < 1.29 is 34.1 Å². The van der Waals surface area contributed by atoms with Gasteiger partial charge in [-0.2, -0.15) is 11.8 Å². The maximum absolute atomic E-state index is 12.7. The quantitative estimate of drug-likeness (QED) is 0.251. The lowest BCUT2D eigenvalue weighted by Gasteiger charge is -2.42. The third-order valence-corrected chi connectivity index (χ3v) is 8.50. The molecule has 0 spiro atoms. The van der Waals surface area contributed by atoms with Gasteiger partial charge in [0.15, 0.2) is 0 Å². The van der Waals surface area contributed by atoms with E-state index in [0.29, 0.717) is 24.3 Å². The van der Waals surface area contributed by atoms with Crippen molar-refractivity contribution in [3.8, 4) is 0 Å². The molecule has 1 aromatic rings. The fraction of sp³-hybridized carbons (Fsp3) is 0.690. The van der Waals surface area contributed by atoms with Gasteiger partial charge in [0.1, 0.15) is 0 Å². The SMILES string of the molecule is CCSCCCO[C@]1(C(=O)O)CC[C@@H](NC(C)=O)[C@H](C[C@H](O)CNC(=O)c2ccc(C3CCCCC3)cc2)O1. The fourth-order valence-electron chi connectivity index (χ4n) is 5.43. The number of thioether (sulfide) groups is 1. The Balaban J connectivity index is 1.56. The molecule has 1 saturated carbocycles. The number of rotatable bonds is 14. The van der Waals surface area contributed by atoms with E-state index in [9.17, 15) is 24.6 Å². The first kappa shape index (κ1) is 31.4. The summed E-state index contributed by atoms with van der Waals surface area (Å²) in [5.74, 6) is -1.24. The largest absolute Gasteiger partial charge is 0.477 e. The molecule has 218 valence electrons. The molecule has 10 heteroatoms. The minimum absolute atomic E-state index is 0.0237. The second kappa shape index (κ2) is 15.6. The molecule has 4 N–H and O–H groups in total. The molecular formula is C29H44N2O7S. The van der Waals surface area contributed by atoms with Crippen LogP contribution in [0.3, 0.4) is 0 Å². The van der Waals surface area contributed by atoms with Crippen molar-refractivity contribution in [1.82, 2.24) is 10.6 Å². The van der Waals surface area contributed by atoms with Gasteiger partial charge in [-0.1, -0.05) is 38.3 Å². The highest BCUT2D eigenvalue weighted by Gasteiger charge is 2.49. The lowest BCUT2D eigenvalue weighted by molar-refractivity contribution is -0.283. The van der Waals surface area contributed by atoms with E-state index >= 15 is 0 Å². The normalized spacial score (nSPS) is 24.6. The molecule has 39 heavy (non-hydrogen) atoms. The maximum atomic E-state index is 12.7. The van der Waals surface area contributed by atoms with Crippen LogP contribution in [0.1, 0.15) is 93.5 Å². The van der Waals surface area contributed by atoms with E-state index in [0.717, 1.165) is 11.5 Å². The van der Waals surface area contributed by atoms with Gasteiger partial charge in [0.25, 0.3) is 11.7 Å². The Morgan fingerprint density at radius 1 is 1.15 bits per heavy atom. The molecule has 1 saturated heterocycles. The van der Waals surface area contributed by atoms with Gasteiger partial charge in [-0.15, -0.1) is 0 Å². The number of amides is 2. The molecule has 1 aliphatic carbocycles. The average molecular weight is 565 g/mol. The van der Waals surface area contributed by atoms with Gasteiger partial charge >= 0.3 is 5.97 Å². The zero-order chi connectivity index (χ0) is 28.3. The first-order valence-electron chi connectivity index (χ1n) is 14.2. The number of ether oxygens (including phenoxy) is 2.